The van der Waals surface area contributed by atoms with Crippen molar-refractivity contribution in [2.45, 2.75) is 6.04 Å². The second-order valence-electron chi connectivity index (χ2n) is 4.06. The Bertz CT molecular complexity index is 506. The van der Waals surface area contributed by atoms with Gasteiger partial charge >= 0.3 is 5.97 Å². The van der Waals surface area contributed by atoms with Gasteiger partial charge in [-0.15, -0.1) is 0 Å². The topological polar surface area (TPSA) is 40.5 Å². The van der Waals surface area contributed by atoms with Gasteiger partial charge in [-0.1, -0.05) is 30.4 Å². The molecule has 0 radical (unpaired) electrons. The van der Waals surface area contributed by atoms with E-state index in [4.69, 9.17) is 5.11 Å². The van der Waals surface area contributed by atoms with Gasteiger partial charge in [0.2, 0.25) is 0 Å². The van der Waals surface area contributed by atoms with Crippen LogP contribution in [0.2, 0.25) is 0 Å². The predicted molar refractivity (Wildman–Crippen MR) is 60.7 cm³/mol. The zero-order valence-electron chi connectivity index (χ0n) is 8.63. The monoisotopic (exact) mass is 213 g/mol. The fourth-order valence-corrected chi connectivity index (χ4v) is 2.36. The molecule has 1 N–H and O–H groups in total. The Morgan fingerprint density at radius 3 is 3.06 bits per heavy atom. The maximum atomic E-state index is 11.0. The molecule has 0 fully saturated rings. The molecule has 1 aliphatic carbocycles. The third-order valence-corrected chi connectivity index (χ3v) is 3.04. The molecule has 2 heterocycles. The number of hydrogen-bond donors (Lipinski definition) is 1. The molecule has 3 nitrogen and oxygen atoms in total. The van der Waals surface area contributed by atoms with E-state index in [0.29, 0.717) is 5.57 Å². The maximum absolute atomic E-state index is 11.0. The molecule has 3 aliphatic rings. The third-order valence-electron chi connectivity index (χ3n) is 3.04. The number of carbonyl (C=O) groups is 1. The molecule has 3 rings (SSSR count). The van der Waals surface area contributed by atoms with Crippen LogP contribution in [0.4, 0.5) is 0 Å². The normalized spacial score (nSPS) is 25.6. The van der Waals surface area contributed by atoms with Gasteiger partial charge in [-0.05, 0) is 17.2 Å². The summed E-state index contributed by atoms with van der Waals surface area (Å²) in [5.74, 6) is -0.870. The van der Waals surface area contributed by atoms with Gasteiger partial charge in [0, 0.05) is 12.7 Å². The first kappa shape index (κ1) is 9.21. The van der Waals surface area contributed by atoms with Crippen molar-refractivity contribution in [3.8, 4) is 0 Å². The Hall–Kier alpha value is -2.03. The van der Waals surface area contributed by atoms with Gasteiger partial charge in [0.25, 0.3) is 0 Å². The molecule has 16 heavy (non-hydrogen) atoms. The Morgan fingerprint density at radius 2 is 2.25 bits per heavy atom. The third kappa shape index (κ3) is 1.25. The van der Waals surface area contributed by atoms with E-state index < -0.39 is 5.97 Å². The molecule has 2 aliphatic heterocycles. The number of carboxylic acids is 1. The molecule has 3 heteroatoms. The van der Waals surface area contributed by atoms with Crippen LogP contribution in [-0.2, 0) is 4.79 Å². The molecule has 0 saturated carbocycles. The lowest BCUT2D eigenvalue weighted by atomic mass is 9.87. The van der Waals surface area contributed by atoms with Gasteiger partial charge in [0.05, 0.1) is 11.6 Å². The fourth-order valence-electron chi connectivity index (χ4n) is 2.36. The molecule has 0 aromatic rings. The summed E-state index contributed by atoms with van der Waals surface area (Å²) in [6.45, 7) is 0.768. The molecule has 1 unspecified atom stereocenters. The number of aliphatic carboxylic acids is 1. The van der Waals surface area contributed by atoms with Crippen molar-refractivity contribution in [1.29, 1.82) is 0 Å². The number of carboxylic acid groups (broad SMARTS) is 1. The maximum Gasteiger partial charge on any atom is 0.337 e. The minimum absolute atomic E-state index is 0.207. The van der Waals surface area contributed by atoms with Crippen LogP contribution in [-0.4, -0.2) is 28.6 Å². The first-order valence-corrected chi connectivity index (χ1v) is 5.23. The minimum atomic E-state index is -0.870. The lowest BCUT2D eigenvalue weighted by Crippen LogP contribution is -2.39. The lowest BCUT2D eigenvalue weighted by molar-refractivity contribution is -0.132. The van der Waals surface area contributed by atoms with Crippen LogP contribution in [0.25, 0.3) is 0 Å². The first-order chi connectivity index (χ1) is 7.75. The predicted octanol–water partition coefficient (Wildman–Crippen LogP) is 1.63. The Balaban J connectivity index is 2.11. The van der Waals surface area contributed by atoms with Gasteiger partial charge in [-0.3, -0.25) is 0 Å². The van der Waals surface area contributed by atoms with Crippen molar-refractivity contribution < 1.29 is 9.90 Å². The van der Waals surface area contributed by atoms with Gasteiger partial charge in [-0.2, -0.15) is 0 Å². The van der Waals surface area contributed by atoms with Gasteiger partial charge in [0.1, 0.15) is 0 Å². The van der Waals surface area contributed by atoms with E-state index >= 15 is 0 Å². The second-order valence-corrected chi connectivity index (χ2v) is 4.06. The largest absolute Gasteiger partial charge is 0.478 e. The van der Waals surface area contributed by atoms with E-state index in [9.17, 15) is 4.79 Å². The van der Waals surface area contributed by atoms with E-state index in [-0.39, 0.29) is 6.04 Å². The molecule has 0 spiro atoms. The van der Waals surface area contributed by atoms with Crippen LogP contribution in [0.3, 0.4) is 0 Å². The van der Waals surface area contributed by atoms with Crippen molar-refractivity contribution in [1.82, 2.24) is 4.90 Å². The van der Waals surface area contributed by atoms with Gasteiger partial charge < -0.3 is 10.0 Å². The van der Waals surface area contributed by atoms with Crippen molar-refractivity contribution in [3.05, 3.63) is 59.4 Å². The van der Waals surface area contributed by atoms with Crippen molar-refractivity contribution in [3.63, 3.8) is 0 Å². The minimum Gasteiger partial charge on any atom is -0.478 e. The molecule has 0 saturated heterocycles. The second kappa shape index (κ2) is 3.23. The highest BCUT2D eigenvalue weighted by Gasteiger charge is 2.29. The summed E-state index contributed by atoms with van der Waals surface area (Å²) in [6, 6.07) is 0.207. The summed E-state index contributed by atoms with van der Waals surface area (Å²) >= 11 is 0. The summed E-state index contributed by atoms with van der Waals surface area (Å²) in [7, 11) is 0. The van der Waals surface area contributed by atoms with Crippen LogP contribution < -0.4 is 0 Å². The van der Waals surface area contributed by atoms with Crippen LogP contribution in [0.15, 0.2) is 59.4 Å². The van der Waals surface area contributed by atoms with E-state index in [2.05, 4.69) is 23.1 Å². The van der Waals surface area contributed by atoms with Crippen molar-refractivity contribution in [2.24, 2.45) is 0 Å². The number of hydrogen-bond acceptors (Lipinski definition) is 2. The standard InChI is InChI=1S/C13H11NO2/c15-13(16)11-7-10-4-1-3-9-5-2-6-14(8-11)12(9)10/h1-5,7-8,12H,6H2,(H,15,16). The molecule has 1 atom stereocenters. The van der Waals surface area contributed by atoms with Crippen LogP contribution in [0.5, 0.6) is 0 Å². The number of rotatable bonds is 1. The summed E-state index contributed by atoms with van der Waals surface area (Å²) in [4.78, 5) is 13.1. The summed E-state index contributed by atoms with van der Waals surface area (Å²) in [6.07, 6.45) is 13.7. The van der Waals surface area contributed by atoms with Crippen LogP contribution in [0, 0.1) is 0 Å². The molecule has 0 bridgehead atoms. The van der Waals surface area contributed by atoms with Gasteiger partial charge in [0.15, 0.2) is 0 Å². The summed E-state index contributed by atoms with van der Waals surface area (Å²) in [5.41, 5.74) is 2.63. The van der Waals surface area contributed by atoms with E-state index in [1.165, 1.54) is 5.57 Å². The summed E-state index contributed by atoms with van der Waals surface area (Å²) in [5, 5.41) is 9.03. The van der Waals surface area contributed by atoms with E-state index in [1.54, 1.807) is 12.3 Å². The molecular weight excluding hydrogens is 202 g/mol. The highest BCUT2D eigenvalue weighted by molar-refractivity contribution is 5.90. The number of nitrogens with zero attached hydrogens (tertiary/aromatic N) is 1. The SMILES string of the molecule is O=C(O)C1=CN2CC=CC3=CC=CC(=C1)C32. The Labute approximate surface area is 93.4 Å². The zero-order valence-corrected chi connectivity index (χ0v) is 8.63. The number of allylic oxidation sites excluding steroid dienone is 2. The van der Waals surface area contributed by atoms with Crippen LogP contribution in [0.1, 0.15) is 0 Å². The smallest absolute Gasteiger partial charge is 0.337 e. The summed E-state index contributed by atoms with van der Waals surface area (Å²) < 4.78 is 0. The Morgan fingerprint density at radius 1 is 1.38 bits per heavy atom. The average molecular weight is 213 g/mol. The first-order valence-electron chi connectivity index (χ1n) is 5.23. The van der Waals surface area contributed by atoms with Crippen molar-refractivity contribution >= 4 is 5.97 Å². The molecule has 0 aromatic carbocycles. The van der Waals surface area contributed by atoms with E-state index in [1.807, 2.05) is 12.2 Å². The lowest BCUT2D eigenvalue weighted by Gasteiger charge is -2.38. The van der Waals surface area contributed by atoms with Crippen LogP contribution >= 0.6 is 0 Å². The zero-order chi connectivity index (χ0) is 11.1. The van der Waals surface area contributed by atoms with Crippen molar-refractivity contribution in [2.75, 3.05) is 6.54 Å². The highest BCUT2D eigenvalue weighted by atomic mass is 16.4. The molecule has 80 valence electrons. The van der Waals surface area contributed by atoms with E-state index in [0.717, 1.165) is 12.1 Å². The molecular formula is C13H11NO2. The molecule has 0 amide bonds. The van der Waals surface area contributed by atoms with Gasteiger partial charge in [-0.25, -0.2) is 4.79 Å². The highest BCUT2D eigenvalue weighted by Crippen LogP contribution is 2.32. The Kier molecular flexibility index (Phi) is 1.86. The average Bonchev–Trinajstić information content (AvgIpc) is 2.29. The molecule has 0 aromatic heterocycles. The quantitative estimate of drug-likeness (QED) is 0.719. The fraction of sp³-hybridized carbons (Fsp3) is 0.154.